The van der Waals surface area contributed by atoms with Gasteiger partial charge in [0.15, 0.2) is 0 Å². The Morgan fingerprint density at radius 1 is 1.31 bits per heavy atom. The van der Waals surface area contributed by atoms with Crippen LogP contribution in [0.2, 0.25) is 0 Å². The minimum Gasteiger partial charge on any atom is -0.444 e. The molecule has 26 heavy (non-hydrogen) atoms. The SMILES string of the molecule is CC1=C/C(N)C#CC(OC(C)C)/C=C\1C1CCN(C(=O)OC(C)(C)C)C1. The van der Waals surface area contributed by atoms with Crippen molar-refractivity contribution < 1.29 is 14.3 Å². The van der Waals surface area contributed by atoms with Gasteiger partial charge in [0, 0.05) is 19.0 Å². The molecule has 5 nitrogen and oxygen atoms in total. The number of ether oxygens (including phenoxy) is 2. The molecule has 144 valence electrons. The van der Waals surface area contributed by atoms with Gasteiger partial charge in [0.2, 0.25) is 0 Å². The zero-order valence-corrected chi connectivity index (χ0v) is 16.8. The van der Waals surface area contributed by atoms with Crippen LogP contribution in [-0.2, 0) is 9.47 Å². The van der Waals surface area contributed by atoms with Crippen LogP contribution in [0.3, 0.4) is 0 Å². The van der Waals surface area contributed by atoms with Crippen molar-refractivity contribution in [2.45, 2.75) is 71.8 Å². The van der Waals surface area contributed by atoms with Crippen LogP contribution in [-0.4, -0.2) is 47.9 Å². The summed E-state index contributed by atoms with van der Waals surface area (Å²) in [6, 6.07) is -0.305. The Bertz CT molecular complexity index is 646. The van der Waals surface area contributed by atoms with Crippen LogP contribution in [0.15, 0.2) is 23.3 Å². The Morgan fingerprint density at radius 3 is 2.62 bits per heavy atom. The summed E-state index contributed by atoms with van der Waals surface area (Å²) in [5.74, 6) is 6.39. The lowest BCUT2D eigenvalue weighted by atomic mass is 9.89. The van der Waals surface area contributed by atoms with Crippen LogP contribution in [0.1, 0.15) is 48.0 Å². The molecule has 1 aliphatic heterocycles. The molecule has 0 spiro atoms. The number of rotatable bonds is 3. The molecule has 3 unspecified atom stereocenters. The quantitative estimate of drug-likeness (QED) is 0.785. The molecule has 2 aliphatic rings. The first-order valence-electron chi connectivity index (χ1n) is 9.35. The van der Waals surface area contributed by atoms with Crippen molar-refractivity contribution in [1.82, 2.24) is 4.90 Å². The Labute approximate surface area is 157 Å². The Kier molecular flexibility index (Phi) is 6.54. The van der Waals surface area contributed by atoms with Crippen LogP contribution in [0, 0.1) is 17.8 Å². The standard InChI is InChI=1S/C21H32N2O3/c1-14(2)25-18-8-7-17(22)11-15(3)19(12-18)16-9-10-23(13-16)20(24)26-21(4,5)6/h11-12,14,16-18H,9-10,13,22H2,1-6H3/b15-11-,19-12+. The molecular weight excluding hydrogens is 328 g/mol. The molecule has 1 fully saturated rings. The van der Waals surface area contributed by atoms with Crippen molar-refractivity contribution in [3.63, 3.8) is 0 Å². The number of allylic oxidation sites excluding steroid dienone is 1. The molecule has 0 aromatic heterocycles. The number of likely N-dealkylation sites (tertiary alicyclic amines) is 1. The largest absolute Gasteiger partial charge is 0.444 e. The Morgan fingerprint density at radius 2 is 2.00 bits per heavy atom. The summed E-state index contributed by atoms with van der Waals surface area (Å²) in [4.78, 5) is 14.1. The molecule has 1 heterocycles. The average molecular weight is 360 g/mol. The summed E-state index contributed by atoms with van der Waals surface area (Å²) in [5, 5.41) is 0. The van der Waals surface area contributed by atoms with E-state index in [1.807, 2.05) is 40.7 Å². The highest BCUT2D eigenvalue weighted by Crippen LogP contribution is 2.31. The minimum atomic E-state index is -0.483. The summed E-state index contributed by atoms with van der Waals surface area (Å²) in [5.41, 5.74) is 7.88. The number of hydrogen-bond acceptors (Lipinski definition) is 4. The maximum Gasteiger partial charge on any atom is 0.410 e. The van der Waals surface area contributed by atoms with Gasteiger partial charge in [-0.2, -0.15) is 0 Å². The molecule has 5 heteroatoms. The summed E-state index contributed by atoms with van der Waals surface area (Å²) in [7, 11) is 0. The van der Waals surface area contributed by atoms with E-state index in [1.54, 1.807) is 4.90 Å². The summed E-state index contributed by atoms with van der Waals surface area (Å²) < 4.78 is 11.4. The maximum absolute atomic E-state index is 12.4. The summed E-state index contributed by atoms with van der Waals surface area (Å²) in [6.07, 6.45) is 4.52. The third-order valence-corrected chi connectivity index (χ3v) is 4.31. The van der Waals surface area contributed by atoms with Crippen LogP contribution in [0.5, 0.6) is 0 Å². The van der Waals surface area contributed by atoms with Crippen molar-refractivity contribution in [1.29, 1.82) is 0 Å². The molecule has 0 aromatic carbocycles. The first kappa shape index (κ1) is 20.5. The average Bonchev–Trinajstić information content (AvgIpc) is 2.96. The molecule has 1 aliphatic carbocycles. The number of hydrogen-bond donors (Lipinski definition) is 1. The van der Waals surface area contributed by atoms with E-state index in [2.05, 4.69) is 24.8 Å². The van der Waals surface area contributed by atoms with Crippen molar-refractivity contribution in [2.24, 2.45) is 11.7 Å². The second-order valence-electron chi connectivity index (χ2n) is 8.30. The van der Waals surface area contributed by atoms with E-state index in [0.717, 1.165) is 12.0 Å². The molecule has 1 amide bonds. The van der Waals surface area contributed by atoms with Crippen LogP contribution < -0.4 is 5.73 Å². The number of carbonyl (C=O) groups excluding carboxylic acids is 1. The lowest BCUT2D eigenvalue weighted by molar-refractivity contribution is 0.0290. The topological polar surface area (TPSA) is 64.8 Å². The lowest BCUT2D eigenvalue weighted by Gasteiger charge is -2.25. The van der Waals surface area contributed by atoms with Crippen molar-refractivity contribution in [3.8, 4) is 11.8 Å². The van der Waals surface area contributed by atoms with E-state index in [1.165, 1.54) is 5.57 Å². The van der Waals surface area contributed by atoms with E-state index in [-0.39, 0.29) is 30.3 Å². The van der Waals surface area contributed by atoms with Crippen molar-refractivity contribution >= 4 is 6.09 Å². The number of amides is 1. The van der Waals surface area contributed by atoms with Crippen LogP contribution in [0.4, 0.5) is 4.79 Å². The van der Waals surface area contributed by atoms with Gasteiger partial charge in [-0.25, -0.2) is 4.79 Å². The molecule has 2 rings (SSSR count). The van der Waals surface area contributed by atoms with E-state index in [9.17, 15) is 4.79 Å². The fraction of sp³-hybridized carbons (Fsp3) is 0.667. The third-order valence-electron chi connectivity index (χ3n) is 4.31. The van der Waals surface area contributed by atoms with Crippen LogP contribution in [0.25, 0.3) is 0 Å². The van der Waals surface area contributed by atoms with Gasteiger partial charge in [0.25, 0.3) is 0 Å². The van der Waals surface area contributed by atoms with Gasteiger partial charge in [-0.1, -0.05) is 17.9 Å². The number of nitrogens with two attached hydrogens (primary N) is 1. The van der Waals surface area contributed by atoms with Gasteiger partial charge < -0.3 is 20.1 Å². The number of nitrogens with zero attached hydrogens (tertiary/aromatic N) is 1. The smallest absolute Gasteiger partial charge is 0.410 e. The van der Waals surface area contributed by atoms with E-state index >= 15 is 0 Å². The summed E-state index contributed by atoms with van der Waals surface area (Å²) >= 11 is 0. The molecule has 0 bridgehead atoms. The normalized spacial score (nSPS) is 30.5. The zero-order valence-electron chi connectivity index (χ0n) is 16.8. The molecule has 1 saturated heterocycles. The second kappa shape index (κ2) is 8.28. The van der Waals surface area contributed by atoms with Crippen molar-refractivity contribution in [3.05, 3.63) is 23.3 Å². The summed E-state index contributed by atoms with van der Waals surface area (Å²) in [6.45, 7) is 13.0. The number of carbonyl (C=O) groups is 1. The fourth-order valence-corrected chi connectivity index (χ4v) is 3.25. The Hall–Kier alpha value is -1.77. The molecule has 2 N–H and O–H groups in total. The first-order valence-corrected chi connectivity index (χ1v) is 9.35. The minimum absolute atomic E-state index is 0.0774. The first-order chi connectivity index (χ1) is 12.0. The molecular formula is C21H32N2O3. The highest BCUT2D eigenvalue weighted by molar-refractivity contribution is 5.68. The lowest BCUT2D eigenvalue weighted by Crippen LogP contribution is -2.35. The van der Waals surface area contributed by atoms with E-state index in [4.69, 9.17) is 15.2 Å². The van der Waals surface area contributed by atoms with Gasteiger partial charge in [-0.3, -0.25) is 0 Å². The molecule has 0 radical (unpaired) electrons. The predicted molar refractivity (Wildman–Crippen MR) is 104 cm³/mol. The van der Waals surface area contributed by atoms with E-state index < -0.39 is 5.60 Å². The zero-order chi connectivity index (χ0) is 19.5. The van der Waals surface area contributed by atoms with Gasteiger partial charge in [-0.15, -0.1) is 0 Å². The third kappa shape index (κ3) is 5.89. The fourth-order valence-electron chi connectivity index (χ4n) is 3.25. The highest BCUT2D eigenvalue weighted by Gasteiger charge is 2.32. The van der Waals surface area contributed by atoms with Crippen molar-refractivity contribution in [2.75, 3.05) is 13.1 Å². The molecule has 0 saturated carbocycles. The van der Waals surface area contributed by atoms with Gasteiger partial charge in [0.1, 0.15) is 11.7 Å². The monoisotopic (exact) mass is 360 g/mol. The second-order valence-corrected chi connectivity index (χ2v) is 8.30. The molecule has 0 aromatic rings. The predicted octanol–water partition coefficient (Wildman–Crippen LogP) is 3.25. The molecule has 3 atom stereocenters. The van der Waals surface area contributed by atoms with E-state index in [0.29, 0.717) is 13.1 Å². The van der Waals surface area contributed by atoms with Gasteiger partial charge >= 0.3 is 6.09 Å². The highest BCUT2D eigenvalue weighted by atomic mass is 16.6. The van der Waals surface area contributed by atoms with Gasteiger partial charge in [0.05, 0.1) is 12.1 Å². The van der Waals surface area contributed by atoms with Gasteiger partial charge in [-0.05, 0) is 65.2 Å². The van der Waals surface area contributed by atoms with Crippen LogP contribution >= 0.6 is 0 Å². The Balaban J connectivity index is 2.18. The maximum atomic E-state index is 12.4.